The Labute approximate surface area is 216 Å². The van der Waals surface area contributed by atoms with E-state index in [0.29, 0.717) is 21.7 Å². The monoisotopic (exact) mass is 515 g/mol. The fraction of sp³-hybridized carbons (Fsp3) is 0. The van der Waals surface area contributed by atoms with Gasteiger partial charge in [-0.3, -0.25) is 10.1 Å². The van der Waals surface area contributed by atoms with Crippen LogP contribution >= 0.6 is 35.2 Å². The van der Waals surface area contributed by atoms with E-state index < -0.39 is 0 Å². The van der Waals surface area contributed by atoms with Crippen LogP contribution in [0.25, 0.3) is 39.4 Å². The molecule has 0 aliphatic rings. The second-order valence-corrected chi connectivity index (χ2v) is 9.25. The van der Waals surface area contributed by atoms with Gasteiger partial charge in [0.1, 0.15) is 11.5 Å². The summed E-state index contributed by atoms with van der Waals surface area (Å²) in [6.45, 7) is 0. The Hall–Kier alpha value is -3.78. The predicted octanol–water partition coefficient (Wildman–Crippen LogP) is 7.40. The third-order valence-corrected chi connectivity index (χ3v) is 6.40. The van der Waals surface area contributed by atoms with Crippen LogP contribution in [0.5, 0.6) is 0 Å². The highest BCUT2D eigenvalue weighted by molar-refractivity contribution is 7.80. The molecular weight excluding hydrogens is 498 g/mol. The van der Waals surface area contributed by atoms with E-state index in [2.05, 4.69) is 33.8 Å². The van der Waals surface area contributed by atoms with Gasteiger partial charge in [0.2, 0.25) is 5.91 Å². The minimum Gasteiger partial charge on any atom is -0.457 e. The molecule has 2 heterocycles. The number of aromatic nitrogens is 1. The zero-order chi connectivity index (χ0) is 24.2. The van der Waals surface area contributed by atoms with Crippen LogP contribution in [0.15, 0.2) is 94.7 Å². The van der Waals surface area contributed by atoms with E-state index in [1.807, 2.05) is 47.8 Å². The van der Waals surface area contributed by atoms with Crippen LogP contribution in [-0.2, 0) is 4.79 Å². The first kappa shape index (κ1) is 23.0. The Morgan fingerprint density at radius 1 is 1.00 bits per heavy atom. The number of nitrogens with zero attached hydrogens (tertiary/aromatic N) is 1. The SMILES string of the molecule is O=C(C=Cc1ccc(-c2ccc(Cl)cc2)o1)NC(=S)Nc1nc(-c2cccc3ccccc23)cs1. The van der Waals surface area contributed by atoms with Crippen LogP contribution in [0.2, 0.25) is 5.02 Å². The van der Waals surface area contributed by atoms with E-state index in [-0.39, 0.29) is 11.0 Å². The quantitative estimate of drug-likeness (QED) is 0.188. The van der Waals surface area contributed by atoms with Gasteiger partial charge in [-0.2, -0.15) is 0 Å². The van der Waals surface area contributed by atoms with Crippen molar-refractivity contribution in [2.75, 3.05) is 5.32 Å². The van der Waals surface area contributed by atoms with Crippen LogP contribution < -0.4 is 10.6 Å². The van der Waals surface area contributed by atoms with Gasteiger partial charge in [0.25, 0.3) is 0 Å². The molecule has 0 saturated heterocycles. The summed E-state index contributed by atoms with van der Waals surface area (Å²) in [5.74, 6) is 0.853. The summed E-state index contributed by atoms with van der Waals surface area (Å²) in [5.41, 5.74) is 2.79. The first-order chi connectivity index (χ1) is 17.0. The lowest BCUT2D eigenvalue weighted by Gasteiger charge is -2.05. The highest BCUT2D eigenvalue weighted by Gasteiger charge is 2.10. The average Bonchev–Trinajstić information content (AvgIpc) is 3.53. The average molecular weight is 516 g/mol. The zero-order valence-corrected chi connectivity index (χ0v) is 20.6. The molecule has 8 heteroatoms. The predicted molar refractivity (Wildman–Crippen MR) is 148 cm³/mol. The molecule has 0 fully saturated rings. The number of halogens is 1. The number of hydrogen-bond donors (Lipinski definition) is 2. The van der Waals surface area contributed by atoms with Gasteiger partial charge in [-0.1, -0.05) is 54.1 Å². The molecule has 0 atom stereocenters. The standard InChI is InChI=1S/C27H18ClN3O2S2/c28-19-10-8-18(9-11-19)24-14-12-20(33-24)13-15-25(32)30-26(34)31-27-29-23(16-35-27)22-7-3-5-17-4-1-2-6-21(17)22/h1-16H,(H2,29,30,31,32,34). The summed E-state index contributed by atoms with van der Waals surface area (Å²) in [5, 5.41) is 11.3. The van der Waals surface area contributed by atoms with Crippen molar-refractivity contribution in [1.82, 2.24) is 10.3 Å². The van der Waals surface area contributed by atoms with E-state index in [4.69, 9.17) is 28.2 Å². The maximum atomic E-state index is 12.3. The van der Waals surface area contributed by atoms with Crippen molar-refractivity contribution >= 4 is 68.2 Å². The van der Waals surface area contributed by atoms with Crippen molar-refractivity contribution in [3.63, 3.8) is 0 Å². The van der Waals surface area contributed by atoms with Gasteiger partial charge in [-0.25, -0.2) is 4.98 Å². The number of carbonyl (C=O) groups excluding carboxylic acids is 1. The summed E-state index contributed by atoms with van der Waals surface area (Å²) in [6.07, 6.45) is 2.95. The molecule has 0 unspecified atom stereocenters. The van der Waals surface area contributed by atoms with Gasteiger partial charge in [-0.15, -0.1) is 11.3 Å². The number of hydrogen-bond acceptors (Lipinski definition) is 5. The van der Waals surface area contributed by atoms with Crippen molar-refractivity contribution in [3.05, 3.63) is 101 Å². The van der Waals surface area contributed by atoms with Crippen LogP contribution in [0.4, 0.5) is 5.13 Å². The minimum atomic E-state index is -0.377. The Morgan fingerprint density at radius 3 is 2.66 bits per heavy atom. The molecule has 3 aromatic carbocycles. The summed E-state index contributed by atoms with van der Waals surface area (Å²) < 4.78 is 5.77. The fourth-order valence-corrected chi connectivity index (χ4v) is 4.66. The Bertz CT molecular complexity index is 1550. The van der Waals surface area contributed by atoms with Gasteiger partial charge < -0.3 is 9.73 Å². The summed E-state index contributed by atoms with van der Waals surface area (Å²) in [4.78, 5) is 16.9. The van der Waals surface area contributed by atoms with Crippen LogP contribution in [-0.4, -0.2) is 16.0 Å². The second-order valence-electron chi connectivity index (χ2n) is 7.55. The number of carbonyl (C=O) groups is 1. The zero-order valence-electron chi connectivity index (χ0n) is 18.2. The largest absolute Gasteiger partial charge is 0.457 e. The number of rotatable bonds is 5. The number of furan rings is 1. The lowest BCUT2D eigenvalue weighted by Crippen LogP contribution is -2.32. The number of amides is 1. The third-order valence-electron chi connectivity index (χ3n) is 5.18. The topological polar surface area (TPSA) is 67.2 Å². The smallest absolute Gasteiger partial charge is 0.250 e. The molecule has 0 radical (unpaired) electrons. The third kappa shape index (κ3) is 5.49. The first-order valence-electron chi connectivity index (χ1n) is 10.6. The Kier molecular flexibility index (Phi) is 6.72. The molecule has 2 aromatic heterocycles. The van der Waals surface area contributed by atoms with Crippen molar-refractivity contribution in [2.24, 2.45) is 0 Å². The number of anilines is 1. The number of nitrogens with one attached hydrogen (secondary N) is 2. The van der Waals surface area contributed by atoms with Gasteiger partial charge in [-0.05, 0) is 65.5 Å². The molecule has 0 aliphatic carbocycles. The molecule has 0 bridgehead atoms. The van der Waals surface area contributed by atoms with Gasteiger partial charge in [0.15, 0.2) is 10.2 Å². The summed E-state index contributed by atoms with van der Waals surface area (Å²) >= 11 is 12.6. The van der Waals surface area contributed by atoms with E-state index in [1.165, 1.54) is 17.4 Å². The molecule has 172 valence electrons. The Morgan fingerprint density at radius 2 is 1.80 bits per heavy atom. The van der Waals surface area contributed by atoms with Gasteiger partial charge in [0, 0.05) is 27.6 Å². The highest BCUT2D eigenvalue weighted by Crippen LogP contribution is 2.31. The molecule has 5 rings (SSSR count). The number of thiazole rings is 1. The lowest BCUT2D eigenvalue weighted by atomic mass is 10.0. The highest BCUT2D eigenvalue weighted by atomic mass is 35.5. The van der Waals surface area contributed by atoms with Crippen LogP contribution in [0, 0.1) is 0 Å². The summed E-state index contributed by atoms with van der Waals surface area (Å²) in [6, 6.07) is 25.3. The number of benzene rings is 3. The molecule has 0 aliphatic heterocycles. The number of fused-ring (bicyclic) bond motifs is 1. The van der Waals surface area contributed by atoms with Crippen LogP contribution in [0.1, 0.15) is 5.76 Å². The summed E-state index contributed by atoms with van der Waals surface area (Å²) in [7, 11) is 0. The molecule has 5 nitrogen and oxygen atoms in total. The maximum absolute atomic E-state index is 12.3. The second kappa shape index (κ2) is 10.2. The normalized spacial score (nSPS) is 11.1. The molecule has 35 heavy (non-hydrogen) atoms. The van der Waals surface area contributed by atoms with Crippen molar-refractivity contribution in [2.45, 2.75) is 0 Å². The van der Waals surface area contributed by atoms with Gasteiger partial charge >= 0.3 is 0 Å². The molecule has 0 saturated carbocycles. The van der Waals surface area contributed by atoms with E-state index in [1.54, 1.807) is 24.3 Å². The van der Waals surface area contributed by atoms with Crippen molar-refractivity contribution in [1.29, 1.82) is 0 Å². The van der Waals surface area contributed by atoms with Crippen LogP contribution in [0.3, 0.4) is 0 Å². The van der Waals surface area contributed by atoms with Crippen molar-refractivity contribution < 1.29 is 9.21 Å². The molecular formula is C27H18ClN3O2S2. The van der Waals surface area contributed by atoms with E-state index in [9.17, 15) is 4.79 Å². The first-order valence-corrected chi connectivity index (χ1v) is 12.3. The molecule has 1 amide bonds. The molecule has 0 spiro atoms. The van der Waals surface area contributed by atoms with Gasteiger partial charge in [0.05, 0.1) is 5.69 Å². The van der Waals surface area contributed by atoms with E-state index in [0.717, 1.165) is 27.6 Å². The van der Waals surface area contributed by atoms with E-state index >= 15 is 0 Å². The van der Waals surface area contributed by atoms with Crippen molar-refractivity contribution in [3.8, 4) is 22.6 Å². The molecule has 5 aromatic rings. The number of thiocarbonyl (C=S) groups is 1. The lowest BCUT2D eigenvalue weighted by molar-refractivity contribution is -0.115. The minimum absolute atomic E-state index is 0.166. The fourth-order valence-electron chi connectivity index (χ4n) is 3.56. The maximum Gasteiger partial charge on any atom is 0.250 e. The molecule has 2 N–H and O–H groups in total. The Balaban J connectivity index is 1.19.